The molecule has 1 unspecified atom stereocenters. The number of hydrogen-bond donors (Lipinski definition) is 2. The molecule has 3 N–H and O–H groups in total. The zero-order chi connectivity index (χ0) is 15.7. The van der Waals surface area contributed by atoms with Crippen molar-refractivity contribution < 1.29 is 14.3 Å². The second-order valence-corrected chi connectivity index (χ2v) is 5.65. The number of hydrogen-bond acceptors (Lipinski definition) is 5. The van der Waals surface area contributed by atoms with Crippen molar-refractivity contribution in [2.24, 2.45) is 5.73 Å². The van der Waals surface area contributed by atoms with Crippen LogP contribution < -0.4 is 11.1 Å². The van der Waals surface area contributed by atoms with E-state index in [-0.39, 0.29) is 6.61 Å². The maximum absolute atomic E-state index is 11.7. The van der Waals surface area contributed by atoms with Gasteiger partial charge in [0.25, 0.3) is 0 Å². The van der Waals surface area contributed by atoms with Crippen molar-refractivity contribution in [2.45, 2.75) is 57.5 Å². The molecular weight excluding hydrogens is 270 g/mol. The van der Waals surface area contributed by atoms with Gasteiger partial charge in [0.1, 0.15) is 0 Å². The van der Waals surface area contributed by atoms with Crippen molar-refractivity contribution >= 4 is 11.9 Å². The molecule has 1 aliphatic carbocycles. The monoisotopic (exact) mass is 299 g/mol. The Bertz CT molecular complexity index is 330. The summed E-state index contributed by atoms with van der Waals surface area (Å²) >= 11 is 0. The van der Waals surface area contributed by atoms with Gasteiger partial charge in [-0.25, -0.2) is 4.79 Å². The number of carbonyl (C=O) groups excluding carboxylic acids is 2. The molecule has 21 heavy (non-hydrogen) atoms. The molecule has 6 heteroatoms. The van der Waals surface area contributed by atoms with Crippen molar-refractivity contribution in [1.82, 2.24) is 10.2 Å². The predicted octanol–water partition coefficient (Wildman–Crippen LogP) is 0.648. The minimum Gasteiger partial charge on any atom is -0.464 e. The van der Waals surface area contributed by atoms with Crippen LogP contribution in [0.2, 0.25) is 0 Å². The fourth-order valence-corrected chi connectivity index (χ4v) is 2.69. The quantitative estimate of drug-likeness (QED) is 0.390. The number of carbonyl (C=O) groups is 2. The summed E-state index contributed by atoms with van der Waals surface area (Å²) in [6.45, 7) is 3.39. The number of esters is 1. The van der Waals surface area contributed by atoms with E-state index in [0.29, 0.717) is 12.6 Å². The molecule has 1 saturated carbocycles. The topological polar surface area (TPSA) is 84.7 Å². The Morgan fingerprint density at radius 3 is 2.62 bits per heavy atom. The minimum atomic E-state index is -1.22. The zero-order valence-electron chi connectivity index (χ0n) is 13.3. The molecule has 122 valence electrons. The lowest BCUT2D eigenvalue weighted by Crippen LogP contribution is -2.47. The molecule has 1 aliphatic rings. The van der Waals surface area contributed by atoms with Crippen molar-refractivity contribution in [3.05, 3.63) is 0 Å². The molecular formula is C15H29N3O3. The summed E-state index contributed by atoms with van der Waals surface area (Å²) in [7, 11) is 2.14. The van der Waals surface area contributed by atoms with Crippen LogP contribution in [0.15, 0.2) is 0 Å². The number of ether oxygens (including phenoxy) is 1. The van der Waals surface area contributed by atoms with Gasteiger partial charge in [0.05, 0.1) is 6.61 Å². The first-order valence-electron chi connectivity index (χ1n) is 7.96. The van der Waals surface area contributed by atoms with E-state index in [1.54, 1.807) is 6.92 Å². The van der Waals surface area contributed by atoms with Crippen molar-refractivity contribution in [2.75, 3.05) is 26.7 Å². The van der Waals surface area contributed by atoms with Crippen LogP contribution in [0.5, 0.6) is 0 Å². The highest BCUT2D eigenvalue weighted by Gasteiger charge is 2.23. The van der Waals surface area contributed by atoms with Gasteiger partial charge in [-0.05, 0) is 39.8 Å². The van der Waals surface area contributed by atoms with E-state index in [4.69, 9.17) is 10.5 Å². The molecule has 0 radical (unpaired) electrons. The first-order chi connectivity index (χ1) is 10.1. The van der Waals surface area contributed by atoms with Gasteiger partial charge in [-0.1, -0.05) is 19.3 Å². The molecule has 1 amide bonds. The van der Waals surface area contributed by atoms with Crippen LogP contribution in [0.3, 0.4) is 0 Å². The van der Waals surface area contributed by atoms with E-state index in [1.807, 2.05) is 0 Å². The second kappa shape index (κ2) is 9.73. The number of amides is 1. The molecule has 0 saturated heterocycles. The Balaban J connectivity index is 2.15. The van der Waals surface area contributed by atoms with Gasteiger partial charge in [0, 0.05) is 12.6 Å². The first kappa shape index (κ1) is 17.9. The van der Waals surface area contributed by atoms with Crippen LogP contribution in [0.25, 0.3) is 0 Å². The van der Waals surface area contributed by atoms with Crippen molar-refractivity contribution in [3.63, 3.8) is 0 Å². The van der Waals surface area contributed by atoms with Gasteiger partial charge in [-0.3, -0.25) is 4.79 Å². The lowest BCUT2D eigenvalue weighted by Gasteiger charge is -2.31. The fourth-order valence-electron chi connectivity index (χ4n) is 2.69. The summed E-state index contributed by atoms with van der Waals surface area (Å²) in [6.07, 6.45) is 7.40. The highest BCUT2D eigenvalue weighted by Crippen LogP contribution is 2.21. The lowest BCUT2D eigenvalue weighted by atomic mass is 9.94. The van der Waals surface area contributed by atoms with E-state index in [9.17, 15) is 9.59 Å². The van der Waals surface area contributed by atoms with Gasteiger partial charge >= 0.3 is 5.97 Å². The molecule has 1 rings (SSSR count). The SMILES string of the molecule is CCOC(=O)C(N)C(=O)NCCCN(C)C1CCCCC1. The number of nitrogens with two attached hydrogens (primary N) is 1. The molecule has 0 aromatic heterocycles. The van der Waals surface area contributed by atoms with Crippen molar-refractivity contribution in [1.29, 1.82) is 0 Å². The van der Waals surface area contributed by atoms with Crippen LogP contribution in [0.1, 0.15) is 45.4 Å². The zero-order valence-corrected chi connectivity index (χ0v) is 13.3. The molecule has 0 spiro atoms. The second-order valence-electron chi connectivity index (χ2n) is 5.65. The van der Waals surface area contributed by atoms with Crippen molar-refractivity contribution in [3.8, 4) is 0 Å². The maximum Gasteiger partial charge on any atom is 0.332 e. The third-order valence-corrected chi connectivity index (χ3v) is 4.01. The summed E-state index contributed by atoms with van der Waals surface area (Å²) in [6, 6.07) is -0.544. The van der Waals surface area contributed by atoms with E-state index in [0.717, 1.165) is 13.0 Å². The van der Waals surface area contributed by atoms with Gasteiger partial charge < -0.3 is 20.7 Å². The van der Waals surface area contributed by atoms with E-state index < -0.39 is 17.9 Å². The Hall–Kier alpha value is -1.14. The third kappa shape index (κ3) is 6.44. The Labute approximate surface area is 127 Å². The third-order valence-electron chi connectivity index (χ3n) is 4.01. The summed E-state index contributed by atoms with van der Waals surface area (Å²) in [4.78, 5) is 25.3. The van der Waals surface area contributed by atoms with Gasteiger partial charge in [-0.15, -0.1) is 0 Å². The summed E-state index contributed by atoms with van der Waals surface area (Å²) in [5.74, 6) is -1.14. The normalized spacial score (nSPS) is 17.5. The molecule has 0 bridgehead atoms. The van der Waals surface area contributed by atoms with Gasteiger partial charge in [0.15, 0.2) is 6.04 Å². The summed E-state index contributed by atoms with van der Waals surface area (Å²) in [5, 5.41) is 2.69. The Morgan fingerprint density at radius 1 is 1.33 bits per heavy atom. The Morgan fingerprint density at radius 2 is 2.00 bits per heavy atom. The molecule has 0 aromatic rings. The minimum absolute atomic E-state index is 0.228. The van der Waals surface area contributed by atoms with Crippen LogP contribution in [0, 0.1) is 0 Å². The average Bonchev–Trinajstić information content (AvgIpc) is 2.51. The molecule has 6 nitrogen and oxygen atoms in total. The lowest BCUT2D eigenvalue weighted by molar-refractivity contribution is -0.147. The highest BCUT2D eigenvalue weighted by atomic mass is 16.5. The largest absolute Gasteiger partial charge is 0.464 e. The number of nitrogens with zero attached hydrogens (tertiary/aromatic N) is 1. The summed E-state index contributed by atoms with van der Waals surface area (Å²) < 4.78 is 4.72. The van der Waals surface area contributed by atoms with Crippen LogP contribution in [0.4, 0.5) is 0 Å². The number of rotatable bonds is 8. The number of nitrogens with one attached hydrogen (secondary N) is 1. The fraction of sp³-hybridized carbons (Fsp3) is 0.867. The van der Waals surface area contributed by atoms with Crippen LogP contribution in [-0.2, 0) is 14.3 Å². The van der Waals surface area contributed by atoms with Crippen LogP contribution in [-0.4, -0.2) is 55.6 Å². The van der Waals surface area contributed by atoms with Gasteiger partial charge in [0.2, 0.25) is 5.91 Å². The first-order valence-corrected chi connectivity index (χ1v) is 7.96. The summed E-state index contributed by atoms with van der Waals surface area (Å²) in [5.41, 5.74) is 5.51. The smallest absolute Gasteiger partial charge is 0.332 e. The Kier molecular flexibility index (Phi) is 8.30. The maximum atomic E-state index is 11.7. The van der Waals surface area contributed by atoms with E-state index in [2.05, 4.69) is 17.3 Å². The van der Waals surface area contributed by atoms with Gasteiger partial charge in [-0.2, -0.15) is 0 Å². The molecule has 1 atom stereocenters. The molecule has 0 heterocycles. The molecule has 0 aromatic carbocycles. The average molecular weight is 299 g/mol. The molecule has 0 aliphatic heterocycles. The van der Waals surface area contributed by atoms with Crippen LogP contribution >= 0.6 is 0 Å². The predicted molar refractivity (Wildman–Crippen MR) is 81.7 cm³/mol. The molecule has 1 fully saturated rings. The van der Waals surface area contributed by atoms with E-state index in [1.165, 1.54) is 32.1 Å². The standard InChI is InChI=1S/C15H29N3O3/c1-3-21-15(20)13(16)14(19)17-10-7-11-18(2)12-8-5-4-6-9-12/h12-13H,3-11,16H2,1-2H3,(H,17,19). The van der Waals surface area contributed by atoms with E-state index >= 15 is 0 Å². The highest BCUT2D eigenvalue weighted by molar-refractivity contribution is 6.01.